The lowest BCUT2D eigenvalue weighted by molar-refractivity contribution is 0.00739. The summed E-state index contributed by atoms with van der Waals surface area (Å²) in [5, 5.41) is 8.14. The van der Waals surface area contributed by atoms with Crippen LogP contribution in [0, 0.1) is 12.8 Å². The Morgan fingerprint density at radius 2 is 1.86 bits per heavy atom. The van der Waals surface area contributed by atoms with Crippen LogP contribution in [-0.2, 0) is 11.3 Å². The molecule has 2 aromatic carbocycles. The van der Waals surface area contributed by atoms with Gasteiger partial charge in [-0.15, -0.1) is 12.4 Å². The van der Waals surface area contributed by atoms with E-state index in [1.54, 1.807) is 0 Å². The summed E-state index contributed by atoms with van der Waals surface area (Å²) in [4.78, 5) is 15.3. The lowest BCUT2D eigenvalue weighted by Crippen LogP contribution is -2.46. The molecule has 1 fully saturated rings. The zero-order valence-electron chi connectivity index (χ0n) is 20.9. The van der Waals surface area contributed by atoms with Crippen LogP contribution in [-0.4, -0.2) is 53.5 Å². The Balaban J connectivity index is 0.00000361. The summed E-state index contributed by atoms with van der Waals surface area (Å²) < 4.78 is 14.6. The number of carbonyl (C=O) groups is 1. The molecule has 0 bridgehead atoms. The molecule has 2 heterocycles. The zero-order chi connectivity index (χ0) is 24.8. The Bertz CT molecular complexity index is 1130. The first-order valence-corrected chi connectivity index (χ1v) is 12.8. The minimum atomic E-state index is -0.342. The quantitative estimate of drug-likeness (QED) is 0.378. The summed E-state index contributed by atoms with van der Waals surface area (Å²) in [7, 11) is 0. The van der Waals surface area contributed by atoms with Crippen molar-refractivity contribution in [3.63, 3.8) is 0 Å². The van der Waals surface area contributed by atoms with Crippen LogP contribution in [0.4, 0.5) is 0 Å². The van der Waals surface area contributed by atoms with E-state index < -0.39 is 0 Å². The van der Waals surface area contributed by atoms with E-state index in [1.165, 1.54) is 0 Å². The normalized spacial score (nSPS) is 14.8. The maximum absolute atomic E-state index is 13.0. The van der Waals surface area contributed by atoms with E-state index in [0.29, 0.717) is 37.8 Å². The summed E-state index contributed by atoms with van der Waals surface area (Å²) in [6.45, 7) is 10.3. The molecule has 194 valence electrons. The largest absolute Gasteiger partial charge is 0.493 e. The van der Waals surface area contributed by atoms with Crippen molar-refractivity contribution in [3.05, 3.63) is 81.6 Å². The molecule has 0 saturated carbocycles. The average Bonchev–Trinajstić information content (AvgIpc) is 3.22. The Hall–Kier alpha value is -2.39. The van der Waals surface area contributed by atoms with Gasteiger partial charge in [-0.25, -0.2) is 0 Å². The third-order valence-electron chi connectivity index (χ3n) is 5.91. The number of benzene rings is 2. The van der Waals surface area contributed by atoms with Crippen molar-refractivity contribution in [2.75, 3.05) is 32.9 Å². The van der Waals surface area contributed by atoms with Crippen LogP contribution >= 0.6 is 28.3 Å². The molecule has 3 aromatic rings. The van der Waals surface area contributed by atoms with Gasteiger partial charge >= 0.3 is 0 Å². The van der Waals surface area contributed by atoms with Crippen molar-refractivity contribution < 1.29 is 14.3 Å². The van der Waals surface area contributed by atoms with Crippen molar-refractivity contribution in [1.82, 2.24) is 20.0 Å². The Morgan fingerprint density at radius 1 is 1.14 bits per heavy atom. The SMILES string of the molecule is Cc1cc(C(NC(=O)c2ccccc2)N2CCOCC2)nn1Cc1cc(Br)ccc1OCC(C)C.Cl. The lowest BCUT2D eigenvalue weighted by atomic mass is 10.2. The van der Waals surface area contributed by atoms with Crippen molar-refractivity contribution >= 4 is 34.2 Å². The van der Waals surface area contributed by atoms with E-state index in [-0.39, 0.29) is 24.5 Å². The number of aryl methyl sites for hydroxylation is 1. The summed E-state index contributed by atoms with van der Waals surface area (Å²) >= 11 is 3.59. The van der Waals surface area contributed by atoms with Gasteiger partial charge in [-0.3, -0.25) is 14.4 Å². The third kappa shape index (κ3) is 7.32. The standard InChI is InChI=1S/C27H33BrN4O3.ClH/c1-19(2)18-35-25-10-9-23(28)16-22(25)17-32-20(3)15-24(30-32)26(31-11-13-34-14-12-31)29-27(33)21-7-5-4-6-8-21;/h4-10,15-16,19,26H,11-14,17-18H2,1-3H3,(H,29,33);1H. The zero-order valence-corrected chi connectivity index (χ0v) is 23.3. The van der Waals surface area contributed by atoms with Crippen molar-refractivity contribution in [2.45, 2.75) is 33.5 Å². The smallest absolute Gasteiger partial charge is 0.252 e. The highest BCUT2D eigenvalue weighted by Crippen LogP contribution is 2.26. The molecule has 1 N–H and O–H groups in total. The maximum atomic E-state index is 13.0. The minimum absolute atomic E-state index is 0. The molecule has 1 aliphatic heterocycles. The predicted molar refractivity (Wildman–Crippen MR) is 147 cm³/mol. The minimum Gasteiger partial charge on any atom is -0.493 e. The molecule has 0 radical (unpaired) electrons. The fraction of sp³-hybridized carbons (Fsp3) is 0.407. The Morgan fingerprint density at radius 3 is 2.56 bits per heavy atom. The molecular weight excluding hydrogens is 544 g/mol. The fourth-order valence-electron chi connectivity index (χ4n) is 4.04. The summed E-state index contributed by atoms with van der Waals surface area (Å²) in [5.41, 5.74) is 3.51. The van der Waals surface area contributed by atoms with Crippen molar-refractivity contribution in [1.29, 1.82) is 0 Å². The van der Waals surface area contributed by atoms with Gasteiger partial charge in [0.25, 0.3) is 5.91 Å². The van der Waals surface area contributed by atoms with Gasteiger partial charge in [0.1, 0.15) is 11.9 Å². The lowest BCUT2D eigenvalue weighted by Gasteiger charge is -2.33. The average molecular weight is 578 g/mol. The first-order valence-electron chi connectivity index (χ1n) is 12.0. The number of nitrogens with zero attached hydrogens (tertiary/aromatic N) is 3. The summed E-state index contributed by atoms with van der Waals surface area (Å²) in [5.74, 6) is 1.18. The number of carbonyl (C=O) groups excluding carboxylic acids is 1. The van der Waals surface area contributed by atoms with Crippen LogP contribution in [0.25, 0.3) is 0 Å². The number of halogens is 2. The molecule has 9 heteroatoms. The number of aromatic nitrogens is 2. The number of rotatable bonds is 9. The molecule has 1 atom stereocenters. The van der Waals surface area contributed by atoms with Crippen LogP contribution in [0.2, 0.25) is 0 Å². The number of amides is 1. The summed E-state index contributed by atoms with van der Waals surface area (Å²) in [6, 6.07) is 17.4. The Labute approximate surface area is 227 Å². The number of hydrogen-bond donors (Lipinski definition) is 1. The van der Waals surface area contributed by atoms with Gasteiger partial charge in [0.05, 0.1) is 32.1 Å². The maximum Gasteiger partial charge on any atom is 0.252 e. The highest BCUT2D eigenvalue weighted by molar-refractivity contribution is 9.10. The summed E-state index contributed by atoms with van der Waals surface area (Å²) in [6.07, 6.45) is -0.342. The number of ether oxygens (including phenoxy) is 2. The molecule has 1 aliphatic rings. The van der Waals surface area contributed by atoms with Crippen LogP contribution in [0.3, 0.4) is 0 Å². The van der Waals surface area contributed by atoms with E-state index >= 15 is 0 Å². The van der Waals surface area contributed by atoms with Gasteiger partial charge in [-0.05, 0) is 49.2 Å². The van der Waals surface area contributed by atoms with Crippen molar-refractivity contribution in [2.24, 2.45) is 5.92 Å². The predicted octanol–water partition coefficient (Wildman–Crippen LogP) is 5.22. The van der Waals surface area contributed by atoms with Crippen LogP contribution in [0.15, 0.2) is 59.1 Å². The monoisotopic (exact) mass is 576 g/mol. The fourth-order valence-corrected chi connectivity index (χ4v) is 4.45. The van der Waals surface area contributed by atoms with E-state index in [1.807, 2.05) is 54.1 Å². The molecule has 1 aromatic heterocycles. The molecule has 0 spiro atoms. The molecule has 1 unspecified atom stereocenters. The number of nitrogens with one attached hydrogen (secondary N) is 1. The van der Waals surface area contributed by atoms with Crippen LogP contribution in [0.1, 0.15) is 47.3 Å². The van der Waals surface area contributed by atoms with Gasteiger partial charge in [-0.1, -0.05) is 48.0 Å². The van der Waals surface area contributed by atoms with Gasteiger partial charge in [0, 0.05) is 34.4 Å². The molecular formula is C27H34BrClN4O3. The molecule has 0 aliphatic carbocycles. The highest BCUT2D eigenvalue weighted by atomic mass is 79.9. The second-order valence-electron chi connectivity index (χ2n) is 9.22. The van der Waals surface area contributed by atoms with E-state index in [4.69, 9.17) is 14.6 Å². The Kier molecular flexibility index (Phi) is 10.4. The van der Waals surface area contributed by atoms with Gasteiger partial charge < -0.3 is 14.8 Å². The first kappa shape index (κ1) is 28.2. The van der Waals surface area contributed by atoms with E-state index in [0.717, 1.165) is 40.3 Å². The number of hydrogen-bond acceptors (Lipinski definition) is 5. The second kappa shape index (κ2) is 13.2. The number of morpholine rings is 1. The highest BCUT2D eigenvalue weighted by Gasteiger charge is 2.27. The molecule has 36 heavy (non-hydrogen) atoms. The molecule has 4 rings (SSSR count). The van der Waals surface area contributed by atoms with Gasteiger partial charge in [0.15, 0.2) is 0 Å². The first-order chi connectivity index (χ1) is 16.9. The topological polar surface area (TPSA) is 68.6 Å². The van der Waals surface area contributed by atoms with Crippen LogP contribution < -0.4 is 10.1 Å². The van der Waals surface area contributed by atoms with Gasteiger partial charge in [0.2, 0.25) is 0 Å². The van der Waals surface area contributed by atoms with E-state index in [2.05, 4.69) is 52.1 Å². The van der Waals surface area contributed by atoms with Gasteiger partial charge in [-0.2, -0.15) is 5.10 Å². The molecule has 1 saturated heterocycles. The second-order valence-corrected chi connectivity index (χ2v) is 10.1. The third-order valence-corrected chi connectivity index (χ3v) is 6.40. The van der Waals surface area contributed by atoms with E-state index in [9.17, 15) is 4.79 Å². The molecule has 1 amide bonds. The van der Waals surface area contributed by atoms with Crippen LogP contribution in [0.5, 0.6) is 5.75 Å². The molecule has 7 nitrogen and oxygen atoms in total. The van der Waals surface area contributed by atoms with Crippen molar-refractivity contribution in [3.8, 4) is 5.75 Å².